The second kappa shape index (κ2) is 14.3. The molecule has 0 bridgehead atoms. The number of nitrogens with one attached hydrogen (secondary N) is 1. The van der Waals surface area contributed by atoms with Crippen LogP contribution in [0.3, 0.4) is 0 Å². The smallest absolute Gasteiger partial charge is 0.251 e. The van der Waals surface area contributed by atoms with Gasteiger partial charge < -0.3 is 15.0 Å². The van der Waals surface area contributed by atoms with Crippen molar-refractivity contribution in [2.45, 2.75) is 43.8 Å². The predicted octanol–water partition coefficient (Wildman–Crippen LogP) is 4.31. The minimum atomic E-state index is -3.63. The van der Waals surface area contributed by atoms with Gasteiger partial charge in [0.2, 0.25) is 15.9 Å². The van der Waals surface area contributed by atoms with Gasteiger partial charge in [0, 0.05) is 36.6 Å². The fourth-order valence-corrected chi connectivity index (χ4v) is 7.48. The number of hydrogen-bond donors (Lipinski definition) is 1. The van der Waals surface area contributed by atoms with Crippen LogP contribution in [0.2, 0.25) is 0 Å². The molecule has 0 fully saturated rings. The van der Waals surface area contributed by atoms with Crippen molar-refractivity contribution in [2.24, 2.45) is 0 Å². The van der Waals surface area contributed by atoms with Crippen molar-refractivity contribution in [3.8, 4) is 11.4 Å². The molecule has 0 unspecified atom stereocenters. The molecule has 1 aromatic heterocycles. The van der Waals surface area contributed by atoms with Crippen molar-refractivity contribution in [2.75, 3.05) is 36.9 Å². The standard InChI is InChI=1S/C32H36N6O5S2/c1-4-36(5-2)45(41,42)27-17-11-24(12-18-27)31(40)33-21-29-34-35-32(38(29)25-13-15-26(16-14-25)43-6-3)44-22-30(39)37-20-19-23-9-7-8-10-28(23)37/h7-18H,4-6,19-22H2,1-3H3,(H,33,40). The third-order valence-corrected chi connectivity index (χ3v) is 10.5. The summed E-state index contributed by atoms with van der Waals surface area (Å²) in [5, 5.41) is 12.1. The molecule has 4 aromatic rings. The molecule has 0 saturated carbocycles. The molecule has 0 spiro atoms. The molecule has 1 aliphatic heterocycles. The van der Waals surface area contributed by atoms with Crippen molar-refractivity contribution in [1.29, 1.82) is 0 Å². The van der Waals surface area contributed by atoms with Crippen molar-refractivity contribution in [1.82, 2.24) is 24.4 Å². The molecule has 2 amide bonds. The van der Waals surface area contributed by atoms with E-state index in [-0.39, 0.29) is 29.0 Å². The Morgan fingerprint density at radius 3 is 2.36 bits per heavy atom. The number of nitrogens with zero attached hydrogens (tertiary/aromatic N) is 5. The summed E-state index contributed by atoms with van der Waals surface area (Å²) >= 11 is 1.28. The SMILES string of the molecule is CCOc1ccc(-n2c(CNC(=O)c3ccc(S(=O)(=O)N(CC)CC)cc3)nnc2SCC(=O)N2CCc3ccccc32)cc1. The molecule has 0 saturated heterocycles. The first kappa shape index (κ1) is 32.2. The number of carbonyl (C=O) groups is 2. The first-order valence-corrected chi connectivity index (χ1v) is 17.3. The van der Waals surface area contributed by atoms with Crippen LogP contribution in [0.5, 0.6) is 5.75 Å². The lowest BCUT2D eigenvalue weighted by atomic mass is 10.2. The molecule has 11 nitrogen and oxygen atoms in total. The summed E-state index contributed by atoms with van der Waals surface area (Å²) in [7, 11) is -3.63. The van der Waals surface area contributed by atoms with E-state index in [1.807, 2.05) is 60.0 Å². The van der Waals surface area contributed by atoms with Crippen LogP contribution in [0.1, 0.15) is 42.5 Å². The number of anilines is 1. The Hall–Kier alpha value is -4.20. The third kappa shape index (κ3) is 7.05. The quantitative estimate of drug-likeness (QED) is 0.213. The van der Waals surface area contributed by atoms with Gasteiger partial charge in [0.1, 0.15) is 5.75 Å². The molecular weight excluding hydrogens is 613 g/mol. The van der Waals surface area contributed by atoms with Crippen LogP contribution < -0.4 is 15.0 Å². The van der Waals surface area contributed by atoms with Gasteiger partial charge in [0.25, 0.3) is 5.91 Å². The minimum absolute atomic E-state index is 0.0208. The zero-order valence-electron chi connectivity index (χ0n) is 25.5. The second-order valence-electron chi connectivity index (χ2n) is 10.2. The largest absolute Gasteiger partial charge is 0.494 e. The van der Waals surface area contributed by atoms with Gasteiger partial charge in [-0.3, -0.25) is 14.2 Å². The number of sulfonamides is 1. The van der Waals surface area contributed by atoms with E-state index in [2.05, 4.69) is 15.5 Å². The van der Waals surface area contributed by atoms with E-state index in [1.165, 1.54) is 40.3 Å². The van der Waals surface area contributed by atoms with Crippen molar-refractivity contribution >= 4 is 39.3 Å². The number of para-hydroxylation sites is 1. The first-order valence-electron chi connectivity index (χ1n) is 14.8. The maximum atomic E-state index is 13.2. The zero-order chi connectivity index (χ0) is 32.0. The highest BCUT2D eigenvalue weighted by molar-refractivity contribution is 7.99. The molecule has 0 atom stereocenters. The highest BCUT2D eigenvalue weighted by Gasteiger charge is 2.26. The highest BCUT2D eigenvalue weighted by Crippen LogP contribution is 2.30. The van der Waals surface area contributed by atoms with E-state index < -0.39 is 10.0 Å². The van der Waals surface area contributed by atoms with Gasteiger partial charge in [-0.05, 0) is 73.5 Å². The number of ether oxygens (including phenoxy) is 1. The van der Waals surface area contributed by atoms with Crippen LogP contribution in [0, 0.1) is 0 Å². The lowest BCUT2D eigenvalue weighted by molar-refractivity contribution is -0.116. The van der Waals surface area contributed by atoms with Crippen LogP contribution in [-0.2, 0) is 27.8 Å². The fraction of sp³-hybridized carbons (Fsp3) is 0.312. The number of amides is 2. The topological polar surface area (TPSA) is 127 Å². The normalized spacial score (nSPS) is 12.8. The fourth-order valence-electron chi connectivity index (χ4n) is 5.18. The van der Waals surface area contributed by atoms with Gasteiger partial charge in [0.05, 0.1) is 23.8 Å². The van der Waals surface area contributed by atoms with Gasteiger partial charge in [-0.1, -0.05) is 43.8 Å². The van der Waals surface area contributed by atoms with Crippen LogP contribution in [0.4, 0.5) is 5.69 Å². The molecule has 3 aromatic carbocycles. The summed E-state index contributed by atoms with van der Waals surface area (Å²) in [5.41, 5.74) is 3.16. The van der Waals surface area contributed by atoms with E-state index in [0.29, 0.717) is 48.5 Å². The number of benzene rings is 3. The first-order chi connectivity index (χ1) is 21.8. The Morgan fingerprint density at radius 2 is 1.67 bits per heavy atom. The number of hydrogen-bond acceptors (Lipinski definition) is 8. The lowest BCUT2D eigenvalue weighted by Gasteiger charge is -2.18. The average molecular weight is 649 g/mol. The minimum Gasteiger partial charge on any atom is -0.494 e. The van der Waals surface area contributed by atoms with Crippen LogP contribution in [0.15, 0.2) is 82.8 Å². The molecule has 0 aliphatic carbocycles. The number of aromatic nitrogens is 3. The maximum absolute atomic E-state index is 13.2. The molecule has 0 radical (unpaired) electrons. The Kier molecular flexibility index (Phi) is 10.2. The van der Waals surface area contributed by atoms with E-state index >= 15 is 0 Å². The van der Waals surface area contributed by atoms with E-state index in [1.54, 1.807) is 18.7 Å². The van der Waals surface area contributed by atoms with E-state index in [0.717, 1.165) is 23.4 Å². The summed E-state index contributed by atoms with van der Waals surface area (Å²) in [6.45, 7) is 7.42. The molecule has 5 rings (SSSR count). The molecule has 1 aliphatic rings. The van der Waals surface area contributed by atoms with Gasteiger partial charge >= 0.3 is 0 Å². The Labute approximate surface area is 267 Å². The molecule has 13 heteroatoms. The highest BCUT2D eigenvalue weighted by atomic mass is 32.2. The average Bonchev–Trinajstić information content (AvgIpc) is 3.68. The number of fused-ring (bicyclic) bond motifs is 1. The Balaban J connectivity index is 1.32. The zero-order valence-corrected chi connectivity index (χ0v) is 27.1. The molecular formula is C32H36N6O5S2. The molecule has 236 valence electrons. The summed E-state index contributed by atoms with van der Waals surface area (Å²) in [4.78, 5) is 28.2. The summed E-state index contributed by atoms with van der Waals surface area (Å²) in [5.74, 6) is 0.938. The van der Waals surface area contributed by atoms with Gasteiger partial charge in [0.15, 0.2) is 11.0 Å². The third-order valence-electron chi connectivity index (χ3n) is 7.49. The monoisotopic (exact) mass is 648 g/mol. The molecule has 2 heterocycles. The van der Waals surface area contributed by atoms with Crippen molar-refractivity contribution in [3.63, 3.8) is 0 Å². The van der Waals surface area contributed by atoms with Crippen molar-refractivity contribution < 1.29 is 22.7 Å². The summed E-state index contributed by atoms with van der Waals surface area (Å²) in [6.07, 6.45) is 0.827. The second-order valence-corrected chi connectivity index (χ2v) is 13.1. The summed E-state index contributed by atoms with van der Waals surface area (Å²) < 4.78 is 34.4. The van der Waals surface area contributed by atoms with E-state index in [9.17, 15) is 18.0 Å². The van der Waals surface area contributed by atoms with E-state index in [4.69, 9.17) is 4.74 Å². The predicted molar refractivity (Wildman–Crippen MR) is 173 cm³/mol. The number of rotatable bonds is 13. The number of carbonyl (C=O) groups excluding carboxylic acids is 2. The van der Waals surface area contributed by atoms with Crippen LogP contribution in [0.25, 0.3) is 5.69 Å². The van der Waals surface area contributed by atoms with Crippen molar-refractivity contribution in [3.05, 3.63) is 89.7 Å². The Morgan fingerprint density at radius 1 is 0.956 bits per heavy atom. The molecule has 45 heavy (non-hydrogen) atoms. The Bertz CT molecular complexity index is 1750. The van der Waals surface area contributed by atoms with Gasteiger partial charge in [-0.25, -0.2) is 8.42 Å². The van der Waals surface area contributed by atoms with Gasteiger partial charge in [-0.2, -0.15) is 4.31 Å². The lowest BCUT2D eigenvalue weighted by Crippen LogP contribution is -2.30. The maximum Gasteiger partial charge on any atom is 0.251 e. The number of thioether (sulfide) groups is 1. The summed E-state index contributed by atoms with van der Waals surface area (Å²) in [6, 6.07) is 21.2. The van der Waals surface area contributed by atoms with Crippen LogP contribution >= 0.6 is 11.8 Å². The molecule has 1 N–H and O–H groups in total. The van der Waals surface area contributed by atoms with Crippen LogP contribution in [-0.4, -0.2) is 71.3 Å². The van der Waals surface area contributed by atoms with Gasteiger partial charge in [-0.15, -0.1) is 10.2 Å².